The van der Waals surface area contributed by atoms with Crippen LogP contribution in [-0.2, 0) is 4.74 Å². The molecule has 0 saturated carbocycles. The number of aryl methyl sites for hydroxylation is 1. The molecule has 6 heteroatoms. The summed E-state index contributed by atoms with van der Waals surface area (Å²) < 4.78 is 7.16. The predicted molar refractivity (Wildman–Crippen MR) is 85.2 cm³/mol. The number of hydrogen-bond donors (Lipinski definition) is 0. The quantitative estimate of drug-likeness (QED) is 0.874. The zero-order valence-corrected chi connectivity index (χ0v) is 13.7. The molecule has 0 aliphatic rings. The summed E-state index contributed by atoms with van der Waals surface area (Å²) in [6.07, 6.45) is 4.88. The molecular weight excluding hydrogens is 280 g/mol. The first-order chi connectivity index (χ1) is 10.3. The molecule has 2 heterocycles. The molecule has 22 heavy (non-hydrogen) atoms. The van der Waals surface area contributed by atoms with Gasteiger partial charge in [0.2, 0.25) is 0 Å². The monoisotopic (exact) mass is 302 g/mol. The van der Waals surface area contributed by atoms with Crippen molar-refractivity contribution in [2.24, 2.45) is 0 Å². The minimum Gasteiger partial charge on any atom is -0.442 e. The number of pyridine rings is 1. The second-order valence-corrected chi connectivity index (χ2v) is 5.96. The molecule has 0 unspecified atom stereocenters. The predicted octanol–water partition coefficient (Wildman–Crippen LogP) is 3.15. The van der Waals surface area contributed by atoms with Crippen LogP contribution in [0.3, 0.4) is 0 Å². The van der Waals surface area contributed by atoms with Crippen molar-refractivity contribution in [3.63, 3.8) is 0 Å². The molecular formula is C16H22N4O2. The van der Waals surface area contributed by atoms with Gasteiger partial charge in [0, 0.05) is 24.5 Å². The Labute approximate surface area is 130 Å². The third-order valence-corrected chi connectivity index (χ3v) is 2.98. The Hall–Kier alpha value is -2.37. The molecule has 6 nitrogen and oxygen atoms in total. The second kappa shape index (κ2) is 6.17. The van der Waals surface area contributed by atoms with Gasteiger partial charge in [0.25, 0.3) is 0 Å². The van der Waals surface area contributed by atoms with E-state index < -0.39 is 11.7 Å². The van der Waals surface area contributed by atoms with Crippen LogP contribution in [0.4, 0.5) is 4.79 Å². The van der Waals surface area contributed by atoms with Crippen LogP contribution in [0.5, 0.6) is 0 Å². The molecule has 0 saturated heterocycles. The van der Waals surface area contributed by atoms with Crippen LogP contribution in [0.25, 0.3) is 11.3 Å². The van der Waals surface area contributed by atoms with Gasteiger partial charge in [-0.2, -0.15) is 0 Å². The van der Waals surface area contributed by atoms with Gasteiger partial charge in [0.05, 0.1) is 11.9 Å². The van der Waals surface area contributed by atoms with Gasteiger partial charge in [-0.3, -0.25) is 4.98 Å². The second-order valence-electron chi connectivity index (χ2n) is 5.96. The average Bonchev–Trinajstić information content (AvgIpc) is 2.81. The van der Waals surface area contributed by atoms with E-state index in [1.165, 1.54) is 5.01 Å². The highest BCUT2D eigenvalue weighted by molar-refractivity contribution is 5.79. The lowest BCUT2D eigenvalue weighted by Crippen LogP contribution is -2.43. The zero-order chi connectivity index (χ0) is 16.3. The van der Waals surface area contributed by atoms with Crippen molar-refractivity contribution in [2.45, 2.75) is 40.2 Å². The molecule has 2 aromatic rings. The van der Waals surface area contributed by atoms with Crippen molar-refractivity contribution >= 4 is 6.09 Å². The van der Waals surface area contributed by atoms with Crippen LogP contribution < -0.4 is 5.01 Å². The molecule has 0 fully saturated rings. The van der Waals surface area contributed by atoms with Crippen LogP contribution in [-0.4, -0.2) is 32.9 Å². The number of carbonyl (C=O) groups excluding carboxylic acids is 1. The third-order valence-electron chi connectivity index (χ3n) is 2.98. The Kier molecular flexibility index (Phi) is 4.49. The largest absolute Gasteiger partial charge is 0.442 e. The van der Waals surface area contributed by atoms with Crippen LogP contribution in [0.2, 0.25) is 0 Å². The number of imidazole rings is 1. The highest BCUT2D eigenvalue weighted by Crippen LogP contribution is 2.18. The van der Waals surface area contributed by atoms with E-state index in [-0.39, 0.29) is 0 Å². The van der Waals surface area contributed by atoms with Gasteiger partial charge in [0.1, 0.15) is 11.4 Å². The van der Waals surface area contributed by atoms with Crippen LogP contribution in [0.15, 0.2) is 30.7 Å². The minimum absolute atomic E-state index is 0.395. The highest BCUT2D eigenvalue weighted by Gasteiger charge is 2.23. The Bertz CT molecular complexity index is 644. The van der Waals surface area contributed by atoms with E-state index in [0.29, 0.717) is 12.4 Å². The van der Waals surface area contributed by atoms with E-state index >= 15 is 0 Å². The lowest BCUT2D eigenvalue weighted by atomic mass is 10.2. The number of carbonyl (C=O) groups is 1. The summed E-state index contributed by atoms with van der Waals surface area (Å²) >= 11 is 0. The molecule has 0 atom stereocenters. The van der Waals surface area contributed by atoms with Crippen LogP contribution >= 0.6 is 0 Å². The van der Waals surface area contributed by atoms with E-state index in [2.05, 4.69) is 9.97 Å². The highest BCUT2D eigenvalue weighted by atomic mass is 16.6. The number of rotatable bonds is 3. The Morgan fingerprint density at radius 1 is 1.41 bits per heavy atom. The van der Waals surface area contributed by atoms with Gasteiger partial charge in [-0.05, 0) is 46.8 Å². The number of hydrogen-bond acceptors (Lipinski definition) is 4. The minimum atomic E-state index is -0.537. The van der Waals surface area contributed by atoms with Gasteiger partial charge in [-0.25, -0.2) is 19.5 Å². The van der Waals surface area contributed by atoms with E-state index in [9.17, 15) is 4.79 Å². The van der Waals surface area contributed by atoms with Gasteiger partial charge in [-0.15, -0.1) is 0 Å². The molecule has 118 valence electrons. The lowest BCUT2D eigenvalue weighted by molar-refractivity contribution is 0.0539. The number of nitrogens with zero attached hydrogens (tertiary/aromatic N) is 4. The topological polar surface area (TPSA) is 60.2 Å². The molecule has 0 N–H and O–H groups in total. The maximum absolute atomic E-state index is 12.3. The van der Waals surface area contributed by atoms with Crippen LogP contribution in [0, 0.1) is 6.92 Å². The molecule has 0 radical (unpaired) electrons. The molecule has 0 spiro atoms. The number of ether oxygens (including phenoxy) is 1. The Morgan fingerprint density at radius 2 is 2.14 bits per heavy atom. The zero-order valence-electron chi connectivity index (χ0n) is 13.7. The van der Waals surface area contributed by atoms with E-state index in [0.717, 1.165) is 11.3 Å². The van der Waals surface area contributed by atoms with Crippen molar-refractivity contribution in [3.8, 4) is 11.3 Å². The molecule has 1 amide bonds. The SMILES string of the molecule is CCN(C(=O)OC(C)(C)C)n1cc(-c2cccnc2)nc1C. The Balaban J connectivity index is 2.31. The molecule has 0 bridgehead atoms. The van der Waals surface area contributed by atoms with Crippen molar-refractivity contribution < 1.29 is 9.53 Å². The summed E-state index contributed by atoms with van der Waals surface area (Å²) in [4.78, 5) is 20.9. The van der Waals surface area contributed by atoms with Crippen LogP contribution in [0.1, 0.15) is 33.5 Å². The number of aromatic nitrogens is 3. The van der Waals surface area contributed by atoms with Crippen molar-refractivity contribution in [1.82, 2.24) is 14.6 Å². The first kappa shape index (κ1) is 16.0. The average molecular weight is 302 g/mol. The summed E-state index contributed by atoms with van der Waals surface area (Å²) in [6.45, 7) is 9.78. The summed E-state index contributed by atoms with van der Waals surface area (Å²) in [7, 11) is 0. The van der Waals surface area contributed by atoms with Crippen molar-refractivity contribution in [1.29, 1.82) is 0 Å². The van der Waals surface area contributed by atoms with Crippen molar-refractivity contribution in [3.05, 3.63) is 36.5 Å². The maximum Gasteiger partial charge on any atom is 0.429 e. The van der Waals surface area contributed by atoms with E-state index in [4.69, 9.17) is 4.74 Å². The number of amides is 1. The summed E-state index contributed by atoms with van der Waals surface area (Å²) in [6, 6.07) is 3.79. The fourth-order valence-corrected chi connectivity index (χ4v) is 2.05. The standard InChI is InChI=1S/C16H22N4O2/c1-6-19(15(21)22-16(3,4)5)20-11-14(18-12(20)2)13-8-7-9-17-10-13/h7-11H,6H2,1-5H3. The fraction of sp³-hybridized carbons (Fsp3) is 0.438. The van der Waals surface area contributed by atoms with Gasteiger partial charge < -0.3 is 4.74 Å². The Morgan fingerprint density at radius 3 is 2.68 bits per heavy atom. The smallest absolute Gasteiger partial charge is 0.429 e. The molecule has 2 rings (SSSR count). The third kappa shape index (κ3) is 3.63. The van der Waals surface area contributed by atoms with Gasteiger partial charge >= 0.3 is 6.09 Å². The van der Waals surface area contributed by atoms with E-state index in [1.807, 2.05) is 52.9 Å². The molecule has 0 aromatic carbocycles. The fourth-order valence-electron chi connectivity index (χ4n) is 2.05. The molecule has 0 aliphatic carbocycles. The van der Waals surface area contributed by atoms with Crippen molar-refractivity contribution in [2.75, 3.05) is 11.6 Å². The first-order valence-corrected chi connectivity index (χ1v) is 7.29. The molecule has 0 aliphatic heterocycles. The summed E-state index contributed by atoms with van der Waals surface area (Å²) in [5, 5.41) is 1.52. The first-order valence-electron chi connectivity index (χ1n) is 7.29. The normalized spacial score (nSPS) is 11.3. The lowest BCUT2D eigenvalue weighted by Gasteiger charge is -2.27. The van der Waals surface area contributed by atoms with E-state index in [1.54, 1.807) is 17.1 Å². The van der Waals surface area contributed by atoms with Gasteiger partial charge in [0.15, 0.2) is 0 Å². The summed E-state index contributed by atoms with van der Waals surface area (Å²) in [5.41, 5.74) is 1.14. The summed E-state index contributed by atoms with van der Waals surface area (Å²) in [5.74, 6) is 0.714. The maximum atomic E-state index is 12.3. The van der Waals surface area contributed by atoms with Gasteiger partial charge in [-0.1, -0.05) is 0 Å². The molecule has 2 aromatic heterocycles.